The summed E-state index contributed by atoms with van der Waals surface area (Å²) in [6.45, 7) is 4.21. The zero-order chi connectivity index (χ0) is 26.1. The second-order valence-corrected chi connectivity index (χ2v) is 9.77. The van der Waals surface area contributed by atoms with E-state index in [4.69, 9.17) is 4.74 Å². The number of amides is 4. The summed E-state index contributed by atoms with van der Waals surface area (Å²) in [7, 11) is 0. The Morgan fingerprint density at radius 3 is 2.54 bits per heavy atom. The smallest absolute Gasteiger partial charge is 0.335 e. The Morgan fingerprint density at radius 2 is 1.73 bits per heavy atom. The maximum atomic E-state index is 13.4. The molecule has 0 unspecified atom stereocenters. The summed E-state index contributed by atoms with van der Waals surface area (Å²) < 4.78 is 6.99. The molecule has 0 spiro atoms. The van der Waals surface area contributed by atoms with Crippen molar-refractivity contribution in [3.8, 4) is 5.75 Å². The van der Waals surface area contributed by atoms with Crippen LogP contribution in [0.1, 0.15) is 22.3 Å². The number of imide groups is 2. The van der Waals surface area contributed by atoms with Gasteiger partial charge in [0.2, 0.25) is 0 Å². The van der Waals surface area contributed by atoms with Gasteiger partial charge in [0, 0.05) is 15.6 Å². The number of nitrogens with one attached hydrogen (secondary N) is 1. The van der Waals surface area contributed by atoms with E-state index in [-0.39, 0.29) is 5.57 Å². The van der Waals surface area contributed by atoms with Gasteiger partial charge < -0.3 is 4.74 Å². The average molecular weight is 555 g/mol. The molecule has 1 saturated heterocycles. The number of hydrogen-bond acceptors (Lipinski definition) is 4. The zero-order valence-corrected chi connectivity index (χ0v) is 21.8. The van der Waals surface area contributed by atoms with Crippen LogP contribution in [0.15, 0.2) is 88.9 Å². The molecule has 0 aromatic heterocycles. The van der Waals surface area contributed by atoms with E-state index in [1.165, 1.54) is 6.08 Å². The van der Waals surface area contributed by atoms with Crippen LogP contribution in [-0.2, 0) is 16.2 Å². The predicted octanol–water partition coefficient (Wildman–Crippen LogP) is 6.46. The van der Waals surface area contributed by atoms with E-state index in [0.717, 1.165) is 36.8 Å². The summed E-state index contributed by atoms with van der Waals surface area (Å²) in [5, 5.41) is 4.50. The highest BCUT2D eigenvalue weighted by Gasteiger charge is 2.37. The molecule has 5 rings (SSSR count). The quantitative estimate of drug-likeness (QED) is 0.227. The molecule has 0 saturated carbocycles. The monoisotopic (exact) mass is 554 g/mol. The number of carbonyl (C=O) groups excluding carboxylic acids is 3. The van der Waals surface area contributed by atoms with Crippen LogP contribution < -0.4 is 15.0 Å². The SMILES string of the molecule is Cc1cccc(N2C(=O)NC(=O)/C(=C\c3cc(Br)ccc3OCc3c(C)ccc4ccccc34)C2=O)c1. The number of halogens is 1. The Labute approximate surface area is 222 Å². The van der Waals surface area contributed by atoms with Crippen LogP contribution in [0.4, 0.5) is 10.5 Å². The lowest BCUT2D eigenvalue weighted by atomic mass is 10.0. The van der Waals surface area contributed by atoms with E-state index in [0.29, 0.717) is 23.6 Å². The summed E-state index contributed by atoms with van der Waals surface area (Å²) in [6, 6.07) is 23.8. The first-order valence-electron chi connectivity index (χ1n) is 11.7. The number of nitrogens with zero attached hydrogens (tertiary/aromatic N) is 1. The summed E-state index contributed by atoms with van der Waals surface area (Å²) >= 11 is 3.46. The highest BCUT2D eigenvalue weighted by molar-refractivity contribution is 9.10. The number of benzene rings is 4. The fourth-order valence-corrected chi connectivity index (χ4v) is 4.74. The molecule has 4 aromatic carbocycles. The van der Waals surface area contributed by atoms with Gasteiger partial charge in [-0.05, 0) is 72.2 Å². The van der Waals surface area contributed by atoms with Gasteiger partial charge in [-0.25, -0.2) is 9.69 Å². The van der Waals surface area contributed by atoms with Crippen molar-refractivity contribution in [1.82, 2.24) is 5.32 Å². The van der Waals surface area contributed by atoms with Gasteiger partial charge >= 0.3 is 6.03 Å². The predicted molar refractivity (Wildman–Crippen MR) is 147 cm³/mol. The molecule has 6 nitrogen and oxygen atoms in total. The maximum Gasteiger partial charge on any atom is 0.335 e. The topological polar surface area (TPSA) is 75.7 Å². The van der Waals surface area contributed by atoms with Gasteiger partial charge in [-0.3, -0.25) is 14.9 Å². The van der Waals surface area contributed by atoms with Crippen molar-refractivity contribution in [2.45, 2.75) is 20.5 Å². The highest BCUT2D eigenvalue weighted by Crippen LogP contribution is 2.30. The van der Waals surface area contributed by atoms with Gasteiger partial charge in [0.1, 0.15) is 17.9 Å². The minimum Gasteiger partial charge on any atom is -0.488 e. The van der Waals surface area contributed by atoms with E-state index < -0.39 is 17.8 Å². The van der Waals surface area contributed by atoms with E-state index in [9.17, 15) is 14.4 Å². The summed E-state index contributed by atoms with van der Waals surface area (Å²) in [4.78, 5) is 39.6. The minimum absolute atomic E-state index is 0.162. The normalized spacial score (nSPS) is 14.8. The number of rotatable bonds is 5. The fourth-order valence-electron chi connectivity index (χ4n) is 4.36. The number of hydrogen-bond donors (Lipinski definition) is 1. The minimum atomic E-state index is -0.783. The molecule has 1 aliphatic heterocycles. The van der Waals surface area contributed by atoms with E-state index >= 15 is 0 Å². The Hall–Kier alpha value is -4.23. The third kappa shape index (κ3) is 4.90. The molecule has 1 fully saturated rings. The number of anilines is 1. The standard InChI is InChI=1S/C30H23BrN2O4/c1-18-6-5-8-23(14-18)33-29(35)25(28(34)32-30(33)36)16-21-15-22(31)12-13-27(21)37-17-26-19(2)10-11-20-7-3-4-9-24(20)26/h3-16H,17H2,1-2H3,(H,32,34,36)/b25-16+. The van der Waals surface area contributed by atoms with Crippen molar-refractivity contribution in [2.75, 3.05) is 4.90 Å². The van der Waals surface area contributed by atoms with Crippen LogP contribution in [-0.4, -0.2) is 17.8 Å². The van der Waals surface area contributed by atoms with Crippen LogP contribution >= 0.6 is 15.9 Å². The van der Waals surface area contributed by atoms with E-state index in [2.05, 4.69) is 45.5 Å². The van der Waals surface area contributed by atoms with Gasteiger partial charge in [-0.2, -0.15) is 0 Å². The number of urea groups is 1. The van der Waals surface area contributed by atoms with Gasteiger partial charge in [-0.15, -0.1) is 0 Å². The highest BCUT2D eigenvalue weighted by atomic mass is 79.9. The number of barbiturate groups is 1. The molecule has 0 radical (unpaired) electrons. The number of aryl methyl sites for hydroxylation is 2. The molecule has 7 heteroatoms. The lowest BCUT2D eigenvalue weighted by molar-refractivity contribution is -0.122. The zero-order valence-electron chi connectivity index (χ0n) is 20.2. The van der Waals surface area contributed by atoms with Gasteiger partial charge in [0.25, 0.3) is 11.8 Å². The van der Waals surface area contributed by atoms with Crippen molar-refractivity contribution in [1.29, 1.82) is 0 Å². The molecule has 4 amide bonds. The van der Waals surface area contributed by atoms with Gasteiger partial charge in [0.05, 0.1) is 5.69 Å². The second-order valence-electron chi connectivity index (χ2n) is 8.85. The lowest BCUT2D eigenvalue weighted by Crippen LogP contribution is -2.54. The van der Waals surface area contributed by atoms with Crippen molar-refractivity contribution in [3.05, 3.63) is 111 Å². The molecule has 1 aliphatic rings. The van der Waals surface area contributed by atoms with Gasteiger partial charge in [-0.1, -0.05) is 64.5 Å². The Bertz CT molecular complexity index is 1610. The molecule has 37 heavy (non-hydrogen) atoms. The molecular formula is C30H23BrN2O4. The molecule has 0 bridgehead atoms. The van der Waals surface area contributed by atoms with Crippen LogP contribution in [0, 0.1) is 13.8 Å². The first-order chi connectivity index (χ1) is 17.8. The number of fused-ring (bicyclic) bond motifs is 1. The van der Waals surface area contributed by atoms with Crippen LogP contribution in [0.2, 0.25) is 0 Å². The second kappa shape index (κ2) is 10.0. The Kier molecular flexibility index (Phi) is 6.63. The van der Waals surface area contributed by atoms with Crippen LogP contribution in [0.3, 0.4) is 0 Å². The van der Waals surface area contributed by atoms with Crippen molar-refractivity contribution < 1.29 is 19.1 Å². The summed E-state index contributed by atoms with van der Waals surface area (Å²) in [5.41, 5.74) is 3.80. The third-order valence-corrected chi connectivity index (χ3v) is 6.77. The molecule has 1 N–H and O–H groups in total. The number of ether oxygens (including phenoxy) is 1. The average Bonchev–Trinajstić information content (AvgIpc) is 2.87. The molecule has 4 aromatic rings. The Morgan fingerprint density at radius 1 is 0.919 bits per heavy atom. The molecule has 184 valence electrons. The summed E-state index contributed by atoms with van der Waals surface area (Å²) in [5.74, 6) is -0.951. The van der Waals surface area contributed by atoms with Crippen molar-refractivity contribution in [2.24, 2.45) is 0 Å². The fraction of sp³-hybridized carbons (Fsp3) is 0.100. The molecule has 0 atom stereocenters. The van der Waals surface area contributed by atoms with Gasteiger partial charge in [0.15, 0.2) is 0 Å². The first kappa shape index (κ1) is 24.5. The molecule has 0 aliphatic carbocycles. The third-order valence-electron chi connectivity index (χ3n) is 6.28. The van der Waals surface area contributed by atoms with Crippen molar-refractivity contribution >= 4 is 56.3 Å². The molecule has 1 heterocycles. The number of carbonyl (C=O) groups is 3. The van der Waals surface area contributed by atoms with E-state index in [1.807, 2.05) is 38.1 Å². The first-order valence-corrected chi connectivity index (χ1v) is 12.5. The maximum absolute atomic E-state index is 13.4. The largest absolute Gasteiger partial charge is 0.488 e. The Balaban J connectivity index is 1.50. The summed E-state index contributed by atoms with van der Waals surface area (Å²) in [6.07, 6.45) is 1.46. The van der Waals surface area contributed by atoms with Crippen LogP contribution in [0.25, 0.3) is 16.8 Å². The van der Waals surface area contributed by atoms with Crippen molar-refractivity contribution in [3.63, 3.8) is 0 Å². The van der Waals surface area contributed by atoms with E-state index in [1.54, 1.807) is 30.3 Å². The lowest BCUT2D eigenvalue weighted by Gasteiger charge is -2.26. The molecular weight excluding hydrogens is 532 g/mol. The van der Waals surface area contributed by atoms with Crippen LogP contribution in [0.5, 0.6) is 5.75 Å².